The zero-order valence-electron chi connectivity index (χ0n) is 9.40. The highest BCUT2D eigenvalue weighted by molar-refractivity contribution is 5.97. The number of Topliss-reactive ketones (excluding diaryl/α,β-unsaturated/α-hetero) is 1. The van der Waals surface area contributed by atoms with E-state index >= 15 is 0 Å². The summed E-state index contributed by atoms with van der Waals surface area (Å²) in [6.07, 6.45) is 2.96. The van der Waals surface area contributed by atoms with Gasteiger partial charge in [-0.1, -0.05) is 0 Å². The van der Waals surface area contributed by atoms with Crippen LogP contribution in [0.1, 0.15) is 27.2 Å². The van der Waals surface area contributed by atoms with E-state index in [2.05, 4.69) is 9.98 Å². The molecular weight excluding hydrogens is 208 g/mol. The van der Waals surface area contributed by atoms with Crippen molar-refractivity contribution < 1.29 is 14.4 Å². The van der Waals surface area contributed by atoms with Gasteiger partial charge in [-0.15, -0.1) is 0 Å². The number of hydrogen-bond donors (Lipinski definition) is 0. The lowest BCUT2D eigenvalue weighted by molar-refractivity contribution is -0.116. The van der Waals surface area contributed by atoms with Gasteiger partial charge in [-0.2, -0.15) is 9.98 Å². The molecule has 84 valence electrons. The van der Waals surface area contributed by atoms with Gasteiger partial charge < -0.3 is 0 Å². The van der Waals surface area contributed by atoms with Crippen LogP contribution in [0.3, 0.4) is 0 Å². The van der Waals surface area contributed by atoms with Crippen molar-refractivity contribution >= 4 is 17.9 Å². The first-order chi connectivity index (χ1) is 7.47. The molecule has 1 rings (SSSR count). The molecule has 0 bridgehead atoms. The van der Waals surface area contributed by atoms with Crippen LogP contribution in [0.25, 0.3) is 0 Å². The zero-order chi connectivity index (χ0) is 12.3. The van der Waals surface area contributed by atoms with Crippen LogP contribution in [0, 0.1) is 0 Å². The molecule has 0 amide bonds. The van der Waals surface area contributed by atoms with Crippen LogP contribution < -0.4 is 0 Å². The highest BCUT2D eigenvalue weighted by Gasteiger charge is 2.42. The number of aliphatic imine (C=N–C) groups is 2. The third kappa shape index (κ3) is 1.78. The lowest BCUT2D eigenvalue weighted by atomic mass is 9.75. The second kappa shape index (κ2) is 4.35. The molecule has 2 unspecified atom stereocenters. The van der Waals surface area contributed by atoms with Gasteiger partial charge >= 0.3 is 0 Å². The molecule has 0 aliphatic heterocycles. The van der Waals surface area contributed by atoms with Gasteiger partial charge in [0.05, 0.1) is 6.04 Å². The molecule has 0 fully saturated rings. The maximum Gasteiger partial charge on any atom is 0.235 e. The van der Waals surface area contributed by atoms with Crippen LogP contribution >= 0.6 is 0 Å². The van der Waals surface area contributed by atoms with Gasteiger partial charge in [0.25, 0.3) is 0 Å². The fraction of sp³-hybridized carbons (Fsp3) is 0.545. The van der Waals surface area contributed by atoms with Crippen LogP contribution in [-0.2, 0) is 14.4 Å². The quantitative estimate of drug-likeness (QED) is 0.516. The van der Waals surface area contributed by atoms with E-state index in [1.807, 2.05) is 0 Å². The predicted octanol–water partition coefficient (Wildman–Crippen LogP) is 1.09. The number of carbonyl (C=O) groups excluding carboxylic acids is 3. The average Bonchev–Trinajstić information content (AvgIpc) is 2.24. The molecular formula is C11H12N2O3. The molecule has 5 heteroatoms. The van der Waals surface area contributed by atoms with Gasteiger partial charge in [0.15, 0.2) is 5.78 Å². The van der Waals surface area contributed by atoms with Gasteiger partial charge in [-0.05, 0) is 31.9 Å². The lowest BCUT2D eigenvalue weighted by Gasteiger charge is -2.34. The summed E-state index contributed by atoms with van der Waals surface area (Å²) in [6.45, 7) is 5.05. The van der Waals surface area contributed by atoms with Crippen LogP contribution in [0.2, 0.25) is 0 Å². The monoisotopic (exact) mass is 220 g/mol. The molecule has 0 spiro atoms. The average molecular weight is 220 g/mol. The fourth-order valence-electron chi connectivity index (χ4n) is 1.85. The molecule has 0 saturated carbocycles. The molecule has 0 aromatic carbocycles. The summed E-state index contributed by atoms with van der Waals surface area (Å²) in [4.78, 5) is 39.6. The highest BCUT2D eigenvalue weighted by Crippen LogP contribution is 2.36. The van der Waals surface area contributed by atoms with E-state index in [1.54, 1.807) is 20.8 Å². The van der Waals surface area contributed by atoms with Crippen LogP contribution in [-0.4, -0.2) is 29.5 Å². The van der Waals surface area contributed by atoms with Crippen molar-refractivity contribution in [3.8, 4) is 0 Å². The normalized spacial score (nSPS) is 29.4. The minimum atomic E-state index is -0.961. The van der Waals surface area contributed by atoms with Gasteiger partial charge in [0.1, 0.15) is 5.54 Å². The van der Waals surface area contributed by atoms with Gasteiger partial charge in [0.2, 0.25) is 12.2 Å². The Bertz CT molecular complexity index is 454. The summed E-state index contributed by atoms with van der Waals surface area (Å²) in [5, 5.41) is 0. The molecule has 2 atom stereocenters. The second-order valence-electron chi connectivity index (χ2n) is 3.96. The number of ketones is 1. The van der Waals surface area contributed by atoms with Crippen molar-refractivity contribution in [1.82, 2.24) is 0 Å². The van der Waals surface area contributed by atoms with Crippen LogP contribution in [0.4, 0.5) is 0 Å². The van der Waals surface area contributed by atoms with E-state index in [9.17, 15) is 14.4 Å². The Kier molecular flexibility index (Phi) is 3.33. The molecule has 1 aliphatic rings. The maximum absolute atomic E-state index is 11.6. The Morgan fingerprint density at radius 3 is 2.44 bits per heavy atom. The van der Waals surface area contributed by atoms with E-state index in [-0.39, 0.29) is 12.2 Å². The Labute approximate surface area is 93.0 Å². The second-order valence-corrected chi connectivity index (χ2v) is 3.96. The molecule has 0 N–H and O–H groups in total. The number of carbonyl (C=O) groups is 1. The van der Waals surface area contributed by atoms with Crippen molar-refractivity contribution in [2.75, 3.05) is 0 Å². The Balaban J connectivity index is 3.41. The number of nitrogens with zero attached hydrogens (tertiary/aromatic N) is 2. The van der Waals surface area contributed by atoms with Gasteiger partial charge in [0, 0.05) is 6.42 Å². The minimum absolute atomic E-state index is 0.0695. The smallest absolute Gasteiger partial charge is 0.235 e. The first-order valence-corrected chi connectivity index (χ1v) is 4.84. The van der Waals surface area contributed by atoms with Crippen molar-refractivity contribution in [3.63, 3.8) is 0 Å². The summed E-state index contributed by atoms with van der Waals surface area (Å²) < 4.78 is 0. The van der Waals surface area contributed by atoms with E-state index < -0.39 is 11.6 Å². The highest BCUT2D eigenvalue weighted by atomic mass is 16.1. The molecule has 1 aliphatic carbocycles. The lowest BCUT2D eigenvalue weighted by Crippen LogP contribution is -2.43. The van der Waals surface area contributed by atoms with Gasteiger partial charge in [-0.25, -0.2) is 9.59 Å². The van der Waals surface area contributed by atoms with Gasteiger partial charge in [-0.3, -0.25) is 4.79 Å². The molecule has 0 heterocycles. The maximum atomic E-state index is 11.6. The molecule has 0 radical (unpaired) electrons. The first-order valence-electron chi connectivity index (χ1n) is 4.84. The fourth-order valence-corrected chi connectivity index (χ4v) is 1.85. The summed E-state index contributed by atoms with van der Waals surface area (Å²) in [5.74, 6) is -0.0833. The third-order valence-corrected chi connectivity index (χ3v) is 3.25. The molecule has 0 aromatic heterocycles. The largest absolute Gasteiger partial charge is 0.294 e. The SMILES string of the molecule is CC1=C(C)C(C)(N=C=O)C(N=C=O)CC1=O. The Morgan fingerprint density at radius 2 is 1.94 bits per heavy atom. The number of rotatable bonds is 2. The van der Waals surface area contributed by atoms with Crippen molar-refractivity contribution in [2.45, 2.75) is 38.8 Å². The van der Waals surface area contributed by atoms with Crippen molar-refractivity contribution in [2.24, 2.45) is 9.98 Å². The molecule has 0 saturated heterocycles. The van der Waals surface area contributed by atoms with Crippen LogP contribution in [0.5, 0.6) is 0 Å². The number of hydrogen-bond acceptors (Lipinski definition) is 5. The summed E-state index contributed by atoms with van der Waals surface area (Å²) in [5.41, 5.74) is 0.256. The number of allylic oxidation sites excluding steroid dienone is 1. The first kappa shape index (κ1) is 12.2. The van der Waals surface area contributed by atoms with E-state index in [0.29, 0.717) is 11.1 Å². The van der Waals surface area contributed by atoms with E-state index in [1.165, 1.54) is 12.2 Å². The Hall–Kier alpha value is -1.83. The van der Waals surface area contributed by atoms with Crippen molar-refractivity contribution in [1.29, 1.82) is 0 Å². The van der Waals surface area contributed by atoms with Crippen LogP contribution in [0.15, 0.2) is 21.1 Å². The number of isocyanates is 2. The van der Waals surface area contributed by atoms with Crippen molar-refractivity contribution in [3.05, 3.63) is 11.1 Å². The third-order valence-electron chi connectivity index (χ3n) is 3.25. The molecule has 5 nitrogen and oxygen atoms in total. The summed E-state index contributed by atoms with van der Waals surface area (Å²) in [7, 11) is 0. The van der Waals surface area contributed by atoms with E-state index in [4.69, 9.17) is 0 Å². The minimum Gasteiger partial charge on any atom is -0.294 e. The van der Waals surface area contributed by atoms with E-state index in [0.717, 1.165) is 0 Å². The molecule has 0 aromatic rings. The summed E-state index contributed by atoms with van der Waals surface area (Å²) in [6, 6.07) is -0.664. The Morgan fingerprint density at radius 1 is 1.31 bits per heavy atom. The topological polar surface area (TPSA) is 75.9 Å². The molecule has 16 heavy (non-hydrogen) atoms. The summed E-state index contributed by atoms with van der Waals surface area (Å²) >= 11 is 0. The predicted molar refractivity (Wildman–Crippen MR) is 56.4 cm³/mol. The standard InChI is InChI=1S/C11H12N2O3/c1-7-8(2)11(3,13-6-15)10(12-5-14)4-9(7)16/h10H,4H2,1-3H3. The zero-order valence-corrected chi connectivity index (χ0v) is 9.40.